The zero-order valence-electron chi connectivity index (χ0n) is 16.4. The number of allylic oxidation sites excluding steroid dienone is 1. The van der Waals surface area contributed by atoms with Crippen molar-refractivity contribution in [2.75, 3.05) is 24.7 Å². The van der Waals surface area contributed by atoms with Crippen molar-refractivity contribution in [3.63, 3.8) is 0 Å². The van der Waals surface area contributed by atoms with Crippen LogP contribution in [0.5, 0.6) is 0 Å². The van der Waals surface area contributed by atoms with Crippen molar-refractivity contribution in [2.24, 2.45) is 0 Å². The minimum atomic E-state index is -3.32. The first-order valence-corrected chi connectivity index (χ1v) is 9.47. The Kier molecular flexibility index (Phi) is 5.13. The molecule has 1 aliphatic rings. The van der Waals surface area contributed by atoms with Gasteiger partial charge in [0.05, 0.1) is 24.5 Å². The molecule has 1 aliphatic heterocycles. The largest absolute Gasteiger partial charge is 0.390 e. The fourth-order valence-corrected chi connectivity index (χ4v) is 3.62. The summed E-state index contributed by atoms with van der Waals surface area (Å²) in [6.45, 7) is 5.02. The van der Waals surface area contributed by atoms with Gasteiger partial charge in [0.1, 0.15) is 12.3 Å². The number of pyridine rings is 1. The van der Waals surface area contributed by atoms with Gasteiger partial charge < -0.3 is 19.7 Å². The van der Waals surface area contributed by atoms with Crippen LogP contribution < -0.4 is 4.90 Å². The normalized spacial score (nSPS) is 15.1. The van der Waals surface area contributed by atoms with Gasteiger partial charge in [0.15, 0.2) is 0 Å². The van der Waals surface area contributed by atoms with Crippen molar-refractivity contribution in [1.29, 1.82) is 0 Å². The van der Waals surface area contributed by atoms with Crippen molar-refractivity contribution in [3.8, 4) is 11.1 Å². The SMILES string of the molecule is C=C(C)C(F)(F)c1c(CO)[nH]c2ncc(-c3cccc(N4CCOCC4=O)c3)cc12. The Balaban J connectivity index is 1.82. The summed E-state index contributed by atoms with van der Waals surface area (Å²) in [6, 6.07) is 8.89. The molecule has 1 saturated heterocycles. The van der Waals surface area contributed by atoms with E-state index in [2.05, 4.69) is 16.5 Å². The molecule has 3 aromatic rings. The Morgan fingerprint density at radius 2 is 2.17 bits per heavy atom. The van der Waals surface area contributed by atoms with E-state index in [0.29, 0.717) is 24.4 Å². The number of aromatic nitrogens is 2. The van der Waals surface area contributed by atoms with Gasteiger partial charge >= 0.3 is 0 Å². The van der Waals surface area contributed by atoms with Gasteiger partial charge in [-0.3, -0.25) is 4.79 Å². The lowest BCUT2D eigenvalue weighted by Crippen LogP contribution is -2.41. The molecule has 6 nitrogen and oxygen atoms in total. The number of alkyl halides is 2. The summed E-state index contributed by atoms with van der Waals surface area (Å²) < 4.78 is 34.9. The highest BCUT2D eigenvalue weighted by Crippen LogP contribution is 2.41. The number of fused-ring (bicyclic) bond motifs is 1. The van der Waals surface area contributed by atoms with E-state index in [1.807, 2.05) is 18.2 Å². The Bertz CT molecular complexity index is 1140. The maximum atomic E-state index is 14.9. The van der Waals surface area contributed by atoms with Crippen LogP contribution in [-0.2, 0) is 22.1 Å². The standard InChI is InChI=1S/C22H21F2N3O3/c1-13(2)22(23,24)20-17-9-15(10-25-21(17)26-18(20)11-28)14-4-3-5-16(8-14)27-6-7-30-12-19(27)29/h3-5,8-10,28H,1,6-7,11-12H2,2H3,(H,25,26). The number of aliphatic hydroxyl groups excluding tert-OH is 1. The molecule has 30 heavy (non-hydrogen) atoms. The number of aromatic amines is 1. The number of aliphatic hydroxyl groups is 1. The van der Waals surface area contributed by atoms with Crippen molar-refractivity contribution >= 4 is 22.6 Å². The summed E-state index contributed by atoms with van der Waals surface area (Å²) in [7, 11) is 0. The van der Waals surface area contributed by atoms with E-state index in [1.54, 1.807) is 23.2 Å². The second-order valence-electron chi connectivity index (χ2n) is 7.26. The number of rotatable bonds is 5. The van der Waals surface area contributed by atoms with Crippen LogP contribution in [0.2, 0.25) is 0 Å². The van der Waals surface area contributed by atoms with Crippen LogP contribution in [0, 0.1) is 0 Å². The highest BCUT2D eigenvalue weighted by Gasteiger charge is 2.38. The van der Waals surface area contributed by atoms with E-state index in [4.69, 9.17) is 4.74 Å². The van der Waals surface area contributed by atoms with Crippen LogP contribution in [0.3, 0.4) is 0 Å². The number of anilines is 1. The predicted octanol–water partition coefficient (Wildman–Crippen LogP) is 3.75. The third-order valence-electron chi connectivity index (χ3n) is 5.21. The van der Waals surface area contributed by atoms with Gasteiger partial charge in [0.2, 0.25) is 0 Å². The topological polar surface area (TPSA) is 78.4 Å². The van der Waals surface area contributed by atoms with Gasteiger partial charge in [-0.05, 0) is 36.3 Å². The average molecular weight is 413 g/mol. The number of amides is 1. The molecule has 0 spiro atoms. The molecule has 2 aromatic heterocycles. The molecule has 1 amide bonds. The molecule has 0 unspecified atom stereocenters. The maximum absolute atomic E-state index is 14.9. The summed E-state index contributed by atoms with van der Waals surface area (Å²) in [5.74, 6) is -3.45. The van der Waals surface area contributed by atoms with Crippen LogP contribution in [-0.4, -0.2) is 40.7 Å². The number of H-pyrrole nitrogens is 1. The summed E-state index contributed by atoms with van der Waals surface area (Å²) in [5, 5.41) is 9.81. The molecule has 0 aliphatic carbocycles. The highest BCUT2D eigenvalue weighted by atomic mass is 19.3. The van der Waals surface area contributed by atoms with E-state index in [9.17, 15) is 18.7 Å². The fraction of sp³-hybridized carbons (Fsp3) is 0.273. The van der Waals surface area contributed by atoms with Crippen molar-refractivity contribution in [3.05, 3.63) is 59.9 Å². The van der Waals surface area contributed by atoms with Crippen LogP contribution in [0.4, 0.5) is 14.5 Å². The molecule has 1 fully saturated rings. The lowest BCUT2D eigenvalue weighted by molar-refractivity contribution is -0.125. The van der Waals surface area contributed by atoms with Gasteiger partial charge in [-0.1, -0.05) is 18.7 Å². The van der Waals surface area contributed by atoms with E-state index in [1.165, 1.54) is 6.92 Å². The average Bonchev–Trinajstić information content (AvgIpc) is 3.12. The van der Waals surface area contributed by atoms with Crippen LogP contribution in [0.25, 0.3) is 22.2 Å². The molecule has 1 aromatic carbocycles. The predicted molar refractivity (Wildman–Crippen MR) is 109 cm³/mol. The first kappa shape index (κ1) is 20.2. The number of ether oxygens (including phenoxy) is 1. The van der Waals surface area contributed by atoms with Gasteiger partial charge in [0, 0.05) is 29.4 Å². The van der Waals surface area contributed by atoms with Gasteiger partial charge in [-0.2, -0.15) is 8.78 Å². The quantitative estimate of drug-likeness (QED) is 0.625. The molecule has 0 radical (unpaired) electrons. The molecule has 2 N–H and O–H groups in total. The van der Waals surface area contributed by atoms with Crippen molar-refractivity contribution in [1.82, 2.24) is 9.97 Å². The minimum Gasteiger partial charge on any atom is -0.390 e. The smallest absolute Gasteiger partial charge is 0.296 e. The molecule has 0 saturated carbocycles. The number of carbonyl (C=O) groups is 1. The number of hydrogen-bond acceptors (Lipinski definition) is 4. The first-order chi connectivity index (χ1) is 14.3. The number of nitrogens with one attached hydrogen (secondary N) is 1. The third-order valence-corrected chi connectivity index (χ3v) is 5.21. The molecule has 0 bridgehead atoms. The second kappa shape index (κ2) is 7.62. The summed E-state index contributed by atoms with van der Waals surface area (Å²) in [6.07, 6.45) is 1.57. The monoisotopic (exact) mass is 413 g/mol. The summed E-state index contributed by atoms with van der Waals surface area (Å²) in [5.41, 5.74) is 1.69. The summed E-state index contributed by atoms with van der Waals surface area (Å²) in [4.78, 5) is 20.8. The minimum absolute atomic E-state index is 0.00955. The fourth-order valence-electron chi connectivity index (χ4n) is 3.62. The Morgan fingerprint density at radius 1 is 1.37 bits per heavy atom. The number of halogens is 2. The third kappa shape index (κ3) is 3.38. The lowest BCUT2D eigenvalue weighted by atomic mass is 9.98. The first-order valence-electron chi connectivity index (χ1n) is 9.47. The van der Waals surface area contributed by atoms with Gasteiger partial charge in [0.25, 0.3) is 11.8 Å². The number of carbonyl (C=O) groups excluding carboxylic acids is 1. The molecule has 3 heterocycles. The number of hydrogen-bond donors (Lipinski definition) is 2. The lowest BCUT2D eigenvalue weighted by Gasteiger charge is -2.27. The zero-order chi connectivity index (χ0) is 21.5. The van der Waals surface area contributed by atoms with E-state index in [0.717, 1.165) is 5.56 Å². The van der Waals surface area contributed by atoms with Crippen molar-refractivity contribution < 1.29 is 23.4 Å². The van der Waals surface area contributed by atoms with Gasteiger partial charge in [-0.15, -0.1) is 0 Å². The van der Waals surface area contributed by atoms with E-state index < -0.39 is 12.5 Å². The van der Waals surface area contributed by atoms with Gasteiger partial charge in [-0.25, -0.2) is 4.98 Å². The highest BCUT2D eigenvalue weighted by molar-refractivity contribution is 5.95. The molecular weight excluding hydrogens is 392 g/mol. The van der Waals surface area contributed by atoms with Crippen LogP contribution >= 0.6 is 0 Å². The van der Waals surface area contributed by atoms with E-state index in [-0.39, 0.29) is 40.4 Å². The molecular formula is C22H21F2N3O3. The van der Waals surface area contributed by atoms with Crippen LogP contribution in [0.1, 0.15) is 18.2 Å². The molecule has 0 atom stereocenters. The Morgan fingerprint density at radius 3 is 2.87 bits per heavy atom. The number of nitrogens with zero attached hydrogens (tertiary/aromatic N) is 2. The van der Waals surface area contributed by atoms with E-state index >= 15 is 0 Å². The summed E-state index contributed by atoms with van der Waals surface area (Å²) >= 11 is 0. The Hall–Kier alpha value is -3.10. The molecule has 8 heteroatoms. The van der Waals surface area contributed by atoms with Crippen molar-refractivity contribution in [2.45, 2.75) is 19.5 Å². The maximum Gasteiger partial charge on any atom is 0.296 e. The Labute approximate surface area is 171 Å². The number of benzene rings is 1. The molecule has 4 rings (SSSR count). The zero-order valence-corrected chi connectivity index (χ0v) is 16.4. The number of morpholine rings is 1. The molecule has 156 valence electrons. The second-order valence-corrected chi connectivity index (χ2v) is 7.26. The van der Waals surface area contributed by atoms with Crippen LogP contribution in [0.15, 0.2) is 48.7 Å².